The van der Waals surface area contributed by atoms with E-state index >= 15 is 0 Å². The first-order chi connectivity index (χ1) is 7.17. The van der Waals surface area contributed by atoms with Crippen LogP contribution in [-0.2, 0) is 0 Å². The molecular weight excluding hydrogens is 192 g/mol. The molecule has 0 aliphatic rings. The molecule has 0 fully saturated rings. The molecule has 0 unspecified atom stereocenters. The molecule has 5 heteroatoms. The van der Waals surface area contributed by atoms with E-state index in [1.54, 1.807) is 17.1 Å². The van der Waals surface area contributed by atoms with Crippen molar-refractivity contribution in [3.05, 3.63) is 41.7 Å². The predicted octanol–water partition coefficient (Wildman–Crippen LogP) is 0.531. The Kier molecular flexibility index (Phi) is 3.68. The Labute approximate surface area is 87.9 Å². The van der Waals surface area contributed by atoms with Gasteiger partial charge in [-0.1, -0.05) is 12.2 Å². The van der Waals surface area contributed by atoms with Crippen molar-refractivity contribution in [2.75, 3.05) is 23.7 Å². The molecule has 1 rings (SSSR count). The number of nitrogen functional groups attached to an aromatic ring is 1. The molecule has 1 heterocycles. The fourth-order valence-corrected chi connectivity index (χ4v) is 1.17. The van der Waals surface area contributed by atoms with Gasteiger partial charge in [-0.25, -0.2) is 0 Å². The second-order valence-electron chi connectivity index (χ2n) is 2.98. The fourth-order valence-electron chi connectivity index (χ4n) is 1.17. The number of hydrogen-bond donors (Lipinski definition) is 2. The summed E-state index contributed by atoms with van der Waals surface area (Å²) in [6.45, 7) is 8.39. The van der Waals surface area contributed by atoms with Crippen molar-refractivity contribution in [2.24, 2.45) is 0 Å². The summed E-state index contributed by atoms with van der Waals surface area (Å²) in [4.78, 5) is 19.6. The SMILES string of the molecule is C=CCN(CC=C)c1nc(N)cc(=O)[nH]1. The molecule has 5 nitrogen and oxygen atoms in total. The Morgan fingerprint density at radius 1 is 1.47 bits per heavy atom. The van der Waals surface area contributed by atoms with Crippen molar-refractivity contribution in [1.82, 2.24) is 9.97 Å². The lowest BCUT2D eigenvalue weighted by molar-refractivity contribution is 0.884. The summed E-state index contributed by atoms with van der Waals surface area (Å²) in [7, 11) is 0. The zero-order valence-electron chi connectivity index (χ0n) is 8.44. The minimum atomic E-state index is -0.268. The van der Waals surface area contributed by atoms with E-state index in [0.29, 0.717) is 19.0 Å². The largest absolute Gasteiger partial charge is 0.383 e. The van der Waals surface area contributed by atoms with Crippen LogP contribution in [-0.4, -0.2) is 23.1 Å². The van der Waals surface area contributed by atoms with Gasteiger partial charge in [-0.15, -0.1) is 13.2 Å². The Morgan fingerprint density at radius 3 is 2.53 bits per heavy atom. The molecule has 0 saturated carbocycles. The zero-order chi connectivity index (χ0) is 11.3. The Morgan fingerprint density at radius 2 is 2.07 bits per heavy atom. The van der Waals surface area contributed by atoms with Crippen LogP contribution in [0.25, 0.3) is 0 Å². The lowest BCUT2D eigenvalue weighted by Crippen LogP contribution is -2.27. The van der Waals surface area contributed by atoms with Crippen molar-refractivity contribution in [2.45, 2.75) is 0 Å². The number of rotatable bonds is 5. The van der Waals surface area contributed by atoms with Gasteiger partial charge >= 0.3 is 0 Å². The second-order valence-corrected chi connectivity index (χ2v) is 2.98. The Balaban J connectivity index is 3.03. The molecule has 0 atom stereocenters. The third-order valence-electron chi connectivity index (χ3n) is 1.75. The Bertz CT molecular complexity index is 400. The minimum absolute atomic E-state index is 0.201. The number of nitrogens with zero attached hydrogens (tertiary/aromatic N) is 2. The molecule has 0 aromatic carbocycles. The highest BCUT2D eigenvalue weighted by molar-refractivity contribution is 5.38. The van der Waals surface area contributed by atoms with Crippen molar-refractivity contribution in [3.8, 4) is 0 Å². The lowest BCUT2D eigenvalue weighted by atomic mass is 10.4. The van der Waals surface area contributed by atoms with Gasteiger partial charge in [0.15, 0.2) is 0 Å². The molecule has 15 heavy (non-hydrogen) atoms. The second kappa shape index (κ2) is 4.99. The maximum atomic E-state index is 11.2. The van der Waals surface area contributed by atoms with E-state index in [2.05, 4.69) is 23.1 Å². The molecule has 1 aromatic rings. The number of H-pyrrole nitrogens is 1. The summed E-state index contributed by atoms with van der Waals surface area (Å²) in [6.07, 6.45) is 3.43. The smallest absolute Gasteiger partial charge is 0.254 e. The highest BCUT2D eigenvalue weighted by Crippen LogP contribution is 2.05. The van der Waals surface area contributed by atoms with Crippen LogP contribution in [0.2, 0.25) is 0 Å². The standard InChI is InChI=1S/C10H14N4O/c1-3-5-14(6-4-2)10-12-8(11)7-9(15)13-10/h3-4,7H,1-2,5-6H2,(H3,11,12,13,15). The average Bonchev–Trinajstić information content (AvgIpc) is 2.16. The number of anilines is 2. The number of aromatic amines is 1. The first-order valence-electron chi connectivity index (χ1n) is 4.51. The van der Waals surface area contributed by atoms with Crippen molar-refractivity contribution < 1.29 is 0 Å². The van der Waals surface area contributed by atoms with E-state index in [1.807, 2.05) is 0 Å². The molecule has 3 N–H and O–H groups in total. The van der Waals surface area contributed by atoms with Gasteiger partial charge in [0.25, 0.3) is 5.56 Å². The van der Waals surface area contributed by atoms with Gasteiger partial charge in [-0.2, -0.15) is 4.98 Å². The monoisotopic (exact) mass is 206 g/mol. The highest BCUT2D eigenvalue weighted by atomic mass is 16.1. The normalized spacial score (nSPS) is 9.60. The van der Waals surface area contributed by atoms with Gasteiger partial charge in [0.2, 0.25) is 5.95 Å². The topological polar surface area (TPSA) is 75.0 Å². The third-order valence-corrected chi connectivity index (χ3v) is 1.75. The van der Waals surface area contributed by atoms with Crippen molar-refractivity contribution in [1.29, 1.82) is 0 Å². The van der Waals surface area contributed by atoms with Crippen LogP contribution in [0.5, 0.6) is 0 Å². The van der Waals surface area contributed by atoms with Crippen LogP contribution < -0.4 is 16.2 Å². The minimum Gasteiger partial charge on any atom is -0.383 e. The predicted molar refractivity (Wildman–Crippen MR) is 61.9 cm³/mol. The van der Waals surface area contributed by atoms with Crippen LogP contribution >= 0.6 is 0 Å². The van der Waals surface area contributed by atoms with Crippen molar-refractivity contribution in [3.63, 3.8) is 0 Å². The Hall–Kier alpha value is -2.04. The molecule has 0 aliphatic carbocycles. The summed E-state index contributed by atoms with van der Waals surface area (Å²) in [5.41, 5.74) is 5.21. The molecule has 1 aromatic heterocycles. The van der Waals surface area contributed by atoms with Gasteiger partial charge < -0.3 is 10.6 Å². The number of nitrogens with one attached hydrogen (secondary N) is 1. The molecule has 0 aliphatic heterocycles. The third kappa shape index (κ3) is 2.98. The van der Waals surface area contributed by atoms with E-state index in [1.165, 1.54) is 6.07 Å². The van der Waals surface area contributed by atoms with E-state index in [-0.39, 0.29) is 11.4 Å². The first-order valence-corrected chi connectivity index (χ1v) is 4.51. The summed E-state index contributed by atoms with van der Waals surface area (Å²) in [5, 5.41) is 0. The number of aromatic nitrogens is 2. The number of nitrogens with two attached hydrogens (primary N) is 1. The van der Waals surface area contributed by atoms with Crippen LogP contribution in [0.15, 0.2) is 36.2 Å². The maximum absolute atomic E-state index is 11.2. The fraction of sp³-hybridized carbons (Fsp3) is 0.200. The van der Waals surface area contributed by atoms with Gasteiger partial charge in [-0.3, -0.25) is 9.78 Å². The molecular formula is C10H14N4O. The van der Waals surface area contributed by atoms with Crippen LogP contribution in [0.4, 0.5) is 11.8 Å². The van der Waals surface area contributed by atoms with Crippen molar-refractivity contribution >= 4 is 11.8 Å². The van der Waals surface area contributed by atoms with Gasteiger partial charge in [0, 0.05) is 19.2 Å². The first kappa shape index (κ1) is 11.0. The van der Waals surface area contributed by atoms with Crippen LogP contribution in [0.3, 0.4) is 0 Å². The van der Waals surface area contributed by atoms with E-state index in [9.17, 15) is 4.79 Å². The molecule has 0 amide bonds. The van der Waals surface area contributed by atoms with Gasteiger partial charge in [0.05, 0.1) is 0 Å². The van der Waals surface area contributed by atoms with E-state index in [4.69, 9.17) is 5.73 Å². The average molecular weight is 206 g/mol. The quantitative estimate of drug-likeness (QED) is 0.689. The number of hydrogen-bond acceptors (Lipinski definition) is 4. The summed E-state index contributed by atoms with van der Waals surface area (Å²) in [6, 6.07) is 1.24. The molecule has 0 radical (unpaired) electrons. The zero-order valence-corrected chi connectivity index (χ0v) is 8.44. The van der Waals surface area contributed by atoms with Gasteiger partial charge in [0.1, 0.15) is 5.82 Å². The summed E-state index contributed by atoms with van der Waals surface area (Å²) < 4.78 is 0. The van der Waals surface area contributed by atoms with E-state index in [0.717, 1.165) is 0 Å². The van der Waals surface area contributed by atoms with Crippen LogP contribution in [0, 0.1) is 0 Å². The summed E-state index contributed by atoms with van der Waals surface area (Å²) >= 11 is 0. The van der Waals surface area contributed by atoms with Gasteiger partial charge in [-0.05, 0) is 0 Å². The molecule has 80 valence electrons. The lowest BCUT2D eigenvalue weighted by Gasteiger charge is -2.19. The highest BCUT2D eigenvalue weighted by Gasteiger charge is 2.06. The summed E-state index contributed by atoms with van der Waals surface area (Å²) in [5.74, 6) is 0.631. The molecule has 0 bridgehead atoms. The van der Waals surface area contributed by atoms with E-state index < -0.39 is 0 Å². The molecule has 0 saturated heterocycles. The molecule has 0 spiro atoms. The maximum Gasteiger partial charge on any atom is 0.254 e. The van der Waals surface area contributed by atoms with Crippen LogP contribution in [0.1, 0.15) is 0 Å².